The number of hydrogen-bond acceptors (Lipinski definition) is 5. The van der Waals surface area contributed by atoms with Crippen LogP contribution in [0.2, 0.25) is 0 Å². The van der Waals surface area contributed by atoms with E-state index in [0.29, 0.717) is 22.1 Å². The number of hydrogen-bond donors (Lipinski definition) is 1. The zero-order valence-electron chi connectivity index (χ0n) is 15.0. The molecule has 0 atom stereocenters. The second-order valence-corrected chi connectivity index (χ2v) is 6.61. The van der Waals surface area contributed by atoms with Gasteiger partial charge in [0.15, 0.2) is 5.13 Å². The fourth-order valence-electron chi connectivity index (χ4n) is 2.59. The lowest BCUT2D eigenvalue weighted by atomic mass is 10.2. The van der Waals surface area contributed by atoms with Crippen LogP contribution >= 0.6 is 11.3 Å². The van der Waals surface area contributed by atoms with Gasteiger partial charge in [-0.3, -0.25) is 4.79 Å². The van der Waals surface area contributed by atoms with Crippen LogP contribution in [0.4, 0.5) is 5.69 Å². The number of nitrogens with one attached hydrogen (secondary N) is 1. The number of ether oxygens (including phenoxy) is 2. The molecular weight excluding hydrogens is 350 g/mol. The van der Waals surface area contributed by atoms with Crippen molar-refractivity contribution in [3.05, 3.63) is 53.3 Å². The highest BCUT2D eigenvalue weighted by atomic mass is 32.1. The quantitative estimate of drug-likeness (QED) is 0.677. The van der Waals surface area contributed by atoms with Crippen molar-refractivity contribution in [1.82, 2.24) is 9.55 Å². The minimum Gasteiger partial charge on any atom is -0.497 e. The molecule has 0 bridgehead atoms. The van der Waals surface area contributed by atoms with Crippen molar-refractivity contribution in [1.29, 1.82) is 0 Å². The number of carbonyl (C=O) groups excluding carboxylic acids is 1. The molecule has 0 aliphatic rings. The molecule has 1 aromatic carbocycles. The van der Waals surface area contributed by atoms with Crippen LogP contribution in [0.5, 0.6) is 11.5 Å². The van der Waals surface area contributed by atoms with E-state index in [1.165, 1.54) is 11.3 Å². The second kappa shape index (κ2) is 8.05. The number of aromatic nitrogens is 2. The van der Waals surface area contributed by atoms with E-state index in [0.717, 1.165) is 23.7 Å². The number of thiazole rings is 1. The largest absolute Gasteiger partial charge is 0.497 e. The van der Waals surface area contributed by atoms with Crippen molar-refractivity contribution in [2.75, 3.05) is 19.5 Å². The summed E-state index contributed by atoms with van der Waals surface area (Å²) in [5.41, 5.74) is 1.37. The maximum Gasteiger partial charge on any atom is 0.267 e. The summed E-state index contributed by atoms with van der Waals surface area (Å²) < 4.78 is 12.5. The summed E-state index contributed by atoms with van der Waals surface area (Å²) in [6.07, 6.45) is 5.50. The molecule has 1 amide bonds. The van der Waals surface area contributed by atoms with E-state index in [9.17, 15) is 4.79 Å². The van der Waals surface area contributed by atoms with Crippen molar-refractivity contribution in [3.63, 3.8) is 0 Å². The van der Waals surface area contributed by atoms with E-state index >= 15 is 0 Å². The van der Waals surface area contributed by atoms with Crippen LogP contribution in [0.1, 0.15) is 28.7 Å². The van der Waals surface area contributed by atoms with Gasteiger partial charge in [-0.15, -0.1) is 0 Å². The van der Waals surface area contributed by atoms with Crippen LogP contribution < -0.4 is 14.8 Å². The number of benzene rings is 1. The maximum atomic E-state index is 12.9. The summed E-state index contributed by atoms with van der Waals surface area (Å²) in [7, 11) is 3.15. The number of amides is 1. The lowest BCUT2D eigenvalue weighted by Gasteiger charge is -2.11. The molecule has 7 heteroatoms. The first-order valence-electron chi connectivity index (χ1n) is 8.32. The van der Waals surface area contributed by atoms with Gasteiger partial charge in [-0.25, -0.2) is 4.98 Å². The molecule has 0 aliphatic carbocycles. The molecule has 3 rings (SSSR count). The average molecular weight is 371 g/mol. The smallest absolute Gasteiger partial charge is 0.267 e. The molecule has 26 heavy (non-hydrogen) atoms. The van der Waals surface area contributed by atoms with E-state index in [-0.39, 0.29) is 5.91 Å². The lowest BCUT2D eigenvalue weighted by molar-refractivity contribution is 0.102. The van der Waals surface area contributed by atoms with Gasteiger partial charge in [0, 0.05) is 18.5 Å². The Bertz CT molecular complexity index is 888. The minimum absolute atomic E-state index is 0.198. The van der Waals surface area contributed by atoms with Crippen molar-refractivity contribution in [2.45, 2.75) is 19.8 Å². The van der Waals surface area contributed by atoms with E-state index in [4.69, 9.17) is 9.47 Å². The molecule has 0 aliphatic heterocycles. The predicted molar refractivity (Wildman–Crippen MR) is 103 cm³/mol. The van der Waals surface area contributed by atoms with Gasteiger partial charge in [0.1, 0.15) is 16.4 Å². The van der Waals surface area contributed by atoms with Crippen molar-refractivity contribution >= 4 is 22.9 Å². The number of anilines is 1. The van der Waals surface area contributed by atoms with E-state index in [1.54, 1.807) is 32.4 Å². The van der Waals surface area contributed by atoms with Gasteiger partial charge in [0.05, 0.1) is 25.6 Å². The Morgan fingerprint density at radius 1 is 1.23 bits per heavy atom. The van der Waals surface area contributed by atoms with Crippen LogP contribution in [-0.2, 0) is 6.42 Å². The number of methoxy groups -OCH3 is 2. The highest BCUT2D eigenvalue weighted by molar-refractivity contribution is 7.16. The average Bonchev–Trinajstić information content (AvgIpc) is 3.31. The standard InChI is InChI=1S/C19H21N3O3S/c1-4-7-14-17(26-19(21-14)22-10-5-6-11-22)18(23)20-15-12-13(24-2)8-9-16(15)25-3/h5-6,8-12H,4,7H2,1-3H3,(H,20,23). The first-order chi connectivity index (χ1) is 12.7. The summed E-state index contributed by atoms with van der Waals surface area (Å²) in [4.78, 5) is 18.2. The third-order valence-electron chi connectivity index (χ3n) is 3.86. The Hall–Kier alpha value is -2.80. The third kappa shape index (κ3) is 3.72. The molecule has 2 heterocycles. The van der Waals surface area contributed by atoms with E-state index in [2.05, 4.69) is 17.2 Å². The second-order valence-electron chi connectivity index (χ2n) is 5.63. The molecule has 0 saturated carbocycles. The Kier molecular flexibility index (Phi) is 5.58. The Morgan fingerprint density at radius 3 is 2.65 bits per heavy atom. The summed E-state index contributed by atoms with van der Waals surface area (Å²) in [6.45, 7) is 2.07. The number of aryl methyl sites for hydroxylation is 1. The van der Waals surface area contributed by atoms with Gasteiger partial charge < -0.3 is 19.4 Å². The van der Waals surface area contributed by atoms with E-state index < -0.39 is 0 Å². The molecule has 2 aromatic heterocycles. The first-order valence-corrected chi connectivity index (χ1v) is 9.14. The van der Waals surface area contributed by atoms with Gasteiger partial charge >= 0.3 is 0 Å². The van der Waals surface area contributed by atoms with Gasteiger partial charge in [0.2, 0.25) is 0 Å². The SMILES string of the molecule is CCCc1nc(-n2cccc2)sc1C(=O)Nc1cc(OC)ccc1OC. The molecule has 6 nitrogen and oxygen atoms in total. The highest BCUT2D eigenvalue weighted by Crippen LogP contribution is 2.31. The minimum atomic E-state index is -0.198. The summed E-state index contributed by atoms with van der Waals surface area (Å²) in [6, 6.07) is 9.15. The van der Waals surface area contributed by atoms with Crippen LogP contribution in [0.25, 0.3) is 5.13 Å². The summed E-state index contributed by atoms with van der Waals surface area (Å²) in [5.74, 6) is 1.02. The molecule has 0 spiro atoms. The molecule has 136 valence electrons. The Labute approximate surface area is 156 Å². The van der Waals surface area contributed by atoms with E-state index in [1.807, 2.05) is 29.1 Å². The Balaban J connectivity index is 1.92. The number of rotatable bonds is 7. The molecule has 0 fully saturated rings. The molecule has 1 N–H and O–H groups in total. The van der Waals surface area contributed by atoms with Crippen molar-refractivity contribution < 1.29 is 14.3 Å². The summed E-state index contributed by atoms with van der Waals surface area (Å²) in [5, 5.41) is 3.71. The fraction of sp³-hybridized carbons (Fsp3) is 0.263. The first kappa shape index (κ1) is 18.0. The van der Waals surface area contributed by atoms with Gasteiger partial charge in [-0.2, -0.15) is 0 Å². The van der Waals surface area contributed by atoms with Crippen molar-refractivity contribution in [3.8, 4) is 16.6 Å². The van der Waals surface area contributed by atoms with Crippen LogP contribution in [-0.4, -0.2) is 29.7 Å². The van der Waals surface area contributed by atoms with Crippen LogP contribution in [0, 0.1) is 0 Å². The number of nitrogens with zero attached hydrogens (tertiary/aromatic N) is 2. The van der Waals surface area contributed by atoms with Gasteiger partial charge in [-0.1, -0.05) is 24.7 Å². The van der Waals surface area contributed by atoms with Crippen molar-refractivity contribution in [2.24, 2.45) is 0 Å². The molecule has 0 unspecified atom stereocenters. The molecule has 0 radical (unpaired) electrons. The van der Waals surface area contributed by atoms with Crippen LogP contribution in [0.3, 0.4) is 0 Å². The highest BCUT2D eigenvalue weighted by Gasteiger charge is 2.20. The summed E-state index contributed by atoms with van der Waals surface area (Å²) >= 11 is 1.38. The predicted octanol–water partition coefficient (Wildman–Crippen LogP) is 4.16. The van der Waals surface area contributed by atoms with Gasteiger partial charge in [0.25, 0.3) is 5.91 Å². The molecular formula is C19H21N3O3S. The maximum absolute atomic E-state index is 12.9. The molecule has 3 aromatic rings. The zero-order chi connectivity index (χ0) is 18.5. The normalized spacial score (nSPS) is 10.6. The monoisotopic (exact) mass is 371 g/mol. The number of carbonyl (C=O) groups is 1. The fourth-order valence-corrected chi connectivity index (χ4v) is 3.56. The topological polar surface area (TPSA) is 65.4 Å². The Morgan fingerprint density at radius 2 is 2.00 bits per heavy atom. The van der Waals surface area contributed by atoms with Crippen LogP contribution in [0.15, 0.2) is 42.7 Å². The third-order valence-corrected chi connectivity index (χ3v) is 4.97. The zero-order valence-corrected chi connectivity index (χ0v) is 15.8. The molecule has 0 saturated heterocycles. The lowest BCUT2D eigenvalue weighted by Crippen LogP contribution is -2.13. The van der Waals surface area contributed by atoms with Gasteiger partial charge in [-0.05, 0) is 30.7 Å².